The second-order valence-corrected chi connectivity index (χ2v) is 6.77. The molecule has 0 atom stereocenters. The van der Waals surface area contributed by atoms with E-state index in [9.17, 15) is 13.2 Å². The molecule has 3 aromatic heterocycles. The van der Waals surface area contributed by atoms with Gasteiger partial charge in [-0.3, -0.25) is 9.12 Å². The molecule has 0 unspecified atom stereocenters. The quantitative estimate of drug-likeness (QED) is 0.577. The van der Waals surface area contributed by atoms with E-state index >= 15 is 0 Å². The average Bonchev–Trinajstić information content (AvgIpc) is 2.99. The second kappa shape index (κ2) is 5.20. The molecule has 24 heavy (non-hydrogen) atoms. The summed E-state index contributed by atoms with van der Waals surface area (Å²) in [4.78, 5) is 15.3. The normalized spacial score (nSPS) is 11.8. The highest BCUT2D eigenvalue weighted by Crippen LogP contribution is 2.21. The largest absolute Gasteiger partial charge is 0.423 e. The fourth-order valence-corrected chi connectivity index (χ4v) is 3.60. The van der Waals surface area contributed by atoms with Crippen molar-refractivity contribution in [2.24, 2.45) is 0 Å². The molecule has 4 rings (SSSR count). The van der Waals surface area contributed by atoms with Crippen molar-refractivity contribution in [3.8, 4) is 0 Å². The van der Waals surface area contributed by atoms with E-state index in [1.54, 1.807) is 42.6 Å². The maximum atomic E-state index is 12.6. The number of nitrogens with zero attached hydrogens (tertiary/aromatic N) is 2. The van der Waals surface area contributed by atoms with Gasteiger partial charge in [0.1, 0.15) is 11.2 Å². The molecule has 120 valence electrons. The molecular weight excluding hydrogens is 330 g/mol. The Morgan fingerprint density at radius 3 is 2.83 bits per heavy atom. The molecule has 0 amide bonds. The Morgan fingerprint density at radius 2 is 1.96 bits per heavy atom. The van der Waals surface area contributed by atoms with E-state index in [4.69, 9.17) is 4.42 Å². The highest BCUT2D eigenvalue weighted by Gasteiger charge is 2.19. The Balaban J connectivity index is 1.76. The Morgan fingerprint density at radius 1 is 1.08 bits per heavy atom. The molecule has 0 spiro atoms. The molecule has 0 radical (unpaired) electrons. The van der Waals surface area contributed by atoms with E-state index in [1.165, 1.54) is 22.7 Å². The molecule has 7 nitrogen and oxygen atoms in total. The summed E-state index contributed by atoms with van der Waals surface area (Å²) >= 11 is 0. The van der Waals surface area contributed by atoms with Crippen LogP contribution in [0.1, 0.15) is 0 Å². The molecular formula is C16H11N3O4S. The van der Waals surface area contributed by atoms with Gasteiger partial charge in [-0.05, 0) is 36.4 Å². The van der Waals surface area contributed by atoms with Gasteiger partial charge >= 0.3 is 5.63 Å². The Labute approximate surface area is 136 Å². The van der Waals surface area contributed by atoms with Gasteiger partial charge in [-0.1, -0.05) is 6.07 Å². The van der Waals surface area contributed by atoms with Gasteiger partial charge in [0.2, 0.25) is 0 Å². The third-order valence-electron chi connectivity index (χ3n) is 3.53. The molecule has 3 heterocycles. The van der Waals surface area contributed by atoms with Gasteiger partial charge in [-0.25, -0.2) is 9.78 Å². The van der Waals surface area contributed by atoms with Crippen LogP contribution in [-0.4, -0.2) is 17.8 Å². The number of hydrogen-bond acceptors (Lipinski definition) is 5. The SMILES string of the molecule is O=c1ccc2cc(NS(=O)(=O)c3cnc4ccccn34)ccc2o1. The van der Waals surface area contributed by atoms with Gasteiger partial charge in [0.05, 0.1) is 6.20 Å². The van der Waals surface area contributed by atoms with Crippen molar-refractivity contribution >= 4 is 32.3 Å². The topological polar surface area (TPSA) is 93.7 Å². The van der Waals surface area contributed by atoms with Crippen LogP contribution in [0.5, 0.6) is 0 Å². The number of fused-ring (bicyclic) bond motifs is 2. The standard InChI is InChI=1S/C16H11N3O4S/c20-16-7-4-11-9-12(5-6-13(11)23-16)18-24(21,22)15-10-17-14-3-1-2-8-19(14)15/h1-10,18H. The zero-order valence-corrected chi connectivity index (χ0v) is 13.0. The minimum Gasteiger partial charge on any atom is -0.423 e. The van der Waals surface area contributed by atoms with E-state index in [-0.39, 0.29) is 5.03 Å². The van der Waals surface area contributed by atoms with E-state index in [2.05, 4.69) is 9.71 Å². The van der Waals surface area contributed by atoms with Gasteiger partial charge in [-0.2, -0.15) is 8.42 Å². The third-order valence-corrected chi connectivity index (χ3v) is 4.89. The summed E-state index contributed by atoms with van der Waals surface area (Å²) in [7, 11) is -3.82. The molecule has 0 aliphatic rings. The highest BCUT2D eigenvalue weighted by molar-refractivity contribution is 7.92. The summed E-state index contributed by atoms with van der Waals surface area (Å²) in [5.74, 6) is 0. The average molecular weight is 341 g/mol. The summed E-state index contributed by atoms with van der Waals surface area (Å²) in [5, 5.41) is 0.658. The Kier molecular flexibility index (Phi) is 3.14. The summed E-state index contributed by atoms with van der Waals surface area (Å²) in [6.07, 6.45) is 2.93. The fraction of sp³-hybridized carbons (Fsp3) is 0. The first kappa shape index (κ1) is 14.5. The lowest BCUT2D eigenvalue weighted by atomic mass is 10.2. The minimum atomic E-state index is -3.82. The smallest absolute Gasteiger partial charge is 0.336 e. The van der Waals surface area contributed by atoms with Crippen molar-refractivity contribution in [2.75, 3.05) is 4.72 Å². The van der Waals surface area contributed by atoms with Crippen LogP contribution >= 0.6 is 0 Å². The first-order chi connectivity index (χ1) is 11.5. The van der Waals surface area contributed by atoms with Crippen LogP contribution in [0, 0.1) is 0 Å². The predicted molar refractivity (Wildman–Crippen MR) is 88.5 cm³/mol. The molecule has 0 saturated carbocycles. The number of nitrogens with one attached hydrogen (secondary N) is 1. The van der Waals surface area contributed by atoms with E-state index < -0.39 is 15.6 Å². The molecule has 0 saturated heterocycles. The van der Waals surface area contributed by atoms with Crippen LogP contribution in [-0.2, 0) is 10.0 Å². The third kappa shape index (κ3) is 2.42. The van der Waals surface area contributed by atoms with Crippen molar-refractivity contribution in [3.63, 3.8) is 0 Å². The number of imidazole rings is 1. The minimum absolute atomic E-state index is 0.0396. The van der Waals surface area contributed by atoms with E-state index in [0.717, 1.165) is 0 Å². The molecule has 8 heteroatoms. The predicted octanol–water partition coefficient (Wildman–Crippen LogP) is 2.24. The maximum absolute atomic E-state index is 12.6. The van der Waals surface area contributed by atoms with Gasteiger partial charge in [0.15, 0.2) is 5.03 Å². The zero-order chi connectivity index (χ0) is 16.7. The van der Waals surface area contributed by atoms with Crippen molar-refractivity contribution in [3.05, 3.63) is 71.3 Å². The van der Waals surface area contributed by atoms with E-state index in [1.807, 2.05) is 0 Å². The highest BCUT2D eigenvalue weighted by atomic mass is 32.2. The molecule has 0 bridgehead atoms. The first-order valence-electron chi connectivity index (χ1n) is 7.02. The van der Waals surface area contributed by atoms with Crippen molar-refractivity contribution in [1.29, 1.82) is 0 Å². The summed E-state index contributed by atoms with van der Waals surface area (Å²) < 4.78 is 34.3. The number of hydrogen-bond donors (Lipinski definition) is 1. The van der Waals surface area contributed by atoms with Crippen LogP contribution in [0.2, 0.25) is 0 Å². The zero-order valence-electron chi connectivity index (χ0n) is 12.2. The van der Waals surface area contributed by atoms with Gasteiger partial charge in [0.25, 0.3) is 10.0 Å². The van der Waals surface area contributed by atoms with E-state index in [0.29, 0.717) is 22.3 Å². The van der Waals surface area contributed by atoms with Crippen LogP contribution in [0.4, 0.5) is 5.69 Å². The summed E-state index contributed by atoms with van der Waals surface area (Å²) in [6.45, 7) is 0. The molecule has 1 aromatic carbocycles. The molecule has 1 N–H and O–H groups in total. The van der Waals surface area contributed by atoms with Crippen LogP contribution in [0.15, 0.2) is 75.2 Å². The number of anilines is 1. The van der Waals surface area contributed by atoms with Crippen LogP contribution < -0.4 is 10.3 Å². The molecule has 0 aliphatic heterocycles. The molecule has 0 aliphatic carbocycles. The van der Waals surface area contributed by atoms with Gasteiger partial charge in [-0.15, -0.1) is 0 Å². The van der Waals surface area contributed by atoms with Crippen molar-refractivity contribution < 1.29 is 12.8 Å². The van der Waals surface area contributed by atoms with Gasteiger partial charge < -0.3 is 4.42 Å². The second-order valence-electron chi connectivity index (χ2n) is 5.14. The Hall–Kier alpha value is -3.13. The summed E-state index contributed by atoms with van der Waals surface area (Å²) in [5.41, 5.74) is 0.835. The Bertz CT molecular complexity index is 1220. The number of sulfonamides is 1. The monoisotopic (exact) mass is 341 g/mol. The number of pyridine rings is 1. The fourth-order valence-electron chi connectivity index (χ4n) is 2.45. The van der Waals surface area contributed by atoms with Crippen molar-refractivity contribution in [2.45, 2.75) is 5.03 Å². The van der Waals surface area contributed by atoms with Crippen LogP contribution in [0.3, 0.4) is 0 Å². The van der Waals surface area contributed by atoms with Gasteiger partial charge in [0, 0.05) is 23.3 Å². The number of benzene rings is 1. The lowest BCUT2D eigenvalue weighted by Gasteiger charge is -2.08. The molecule has 4 aromatic rings. The van der Waals surface area contributed by atoms with Crippen molar-refractivity contribution in [1.82, 2.24) is 9.38 Å². The summed E-state index contributed by atoms with van der Waals surface area (Å²) in [6, 6.07) is 12.8. The number of aromatic nitrogens is 2. The lowest BCUT2D eigenvalue weighted by Crippen LogP contribution is -2.15. The van der Waals surface area contributed by atoms with Crippen LogP contribution in [0.25, 0.3) is 16.6 Å². The first-order valence-corrected chi connectivity index (χ1v) is 8.50. The molecule has 0 fully saturated rings. The maximum Gasteiger partial charge on any atom is 0.336 e. The number of rotatable bonds is 3. The lowest BCUT2D eigenvalue weighted by molar-refractivity contribution is 0.561.